The Bertz CT molecular complexity index is 1090. The zero-order valence-corrected chi connectivity index (χ0v) is 18.9. The number of nitrogens with zero attached hydrogens (tertiary/aromatic N) is 5. The summed E-state index contributed by atoms with van der Waals surface area (Å²) in [7, 11) is 5.81. The quantitative estimate of drug-likeness (QED) is 0.610. The highest BCUT2D eigenvalue weighted by atomic mass is 16.5. The van der Waals surface area contributed by atoms with Crippen LogP contribution in [0.4, 0.5) is 23.1 Å². The summed E-state index contributed by atoms with van der Waals surface area (Å²) in [5.74, 6) is 2.59. The summed E-state index contributed by atoms with van der Waals surface area (Å²) in [5.41, 5.74) is 5.57. The highest BCUT2D eigenvalue weighted by Crippen LogP contribution is 2.40. The molecule has 0 saturated carbocycles. The minimum Gasteiger partial charge on any atom is -0.497 e. The fourth-order valence-corrected chi connectivity index (χ4v) is 4.34. The Morgan fingerprint density at radius 3 is 2.47 bits per heavy atom. The molecule has 5 rings (SSSR count). The van der Waals surface area contributed by atoms with Crippen LogP contribution in [0.2, 0.25) is 0 Å². The standard InChI is InChI=1S/C25H29N5O2/c1-28(2)19-7-9-20(10-8-19)30-12-11-22-23(18-5-4-6-21(17-18)31-3)26-25(27-24(22)30)29-13-15-32-16-14-29/h4-10,17H,11-16H2,1-3H3. The lowest BCUT2D eigenvalue weighted by atomic mass is 10.1. The smallest absolute Gasteiger partial charge is 0.228 e. The maximum Gasteiger partial charge on any atom is 0.228 e. The number of fused-ring (bicyclic) bond motifs is 1. The molecule has 3 aromatic rings. The highest BCUT2D eigenvalue weighted by molar-refractivity contribution is 5.78. The van der Waals surface area contributed by atoms with E-state index in [9.17, 15) is 0 Å². The van der Waals surface area contributed by atoms with Gasteiger partial charge in [-0.1, -0.05) is 12.1 Å². The first-order valence-corrected chi connectivity index (χ1v) is 11.1. The van der Waals surface area contributed by atoms with Gasteiger partial charge in [0.1, 0.15) is 11.6 Å². The number of anilines is 4. The molecule has 2 aliphatic heterocycles. The van der Waals surface area contributed by atoms with Crippen LogP contribution in [0.3, 0.4) is 0 Å². The number of morpholine rings is 1. The van der Waals surface area contributed by atoms with Gasteiger partial charge in [-0.05, 0) is 42.8 Å². The second kappa shape index (κ2) is 8.67. The van der Waals surface area contributed by atoms with E-state index in [1.54, 1.807) is 7.11 Å². The summed E-state index contributed by atoms with van der Waals surface area (Å²) in [5, 5.41) is 0. The highest BCUT2D eigenvalue weighted by Gasteiger charge is 2.29. The van der Waals surface area contributed by atoms with Crippen LogP contribution in [0.1, 0.15) is 5.56 Å². The Hall–Kier alpha value is -3.32. The van der Waals surface area contributed by atoms with Crippen LogP contribution in [0, 0.1) is 0 Å². The van der Waals surface area contributed by atoms with E-state index < -0.39 is 0 Å². The lowest BCUT2D eigenvalue weighted by Gasteiger charge is -2.28. The molecule has 3 heterocycles. The van der Waals surface area contributed by atoms with Crippen LogP contribution < -0.4 is 19.4 Å². The second-order valence-electron chi connectivity index (χ2n) is 8.32. The Kier molecular flexibility index (Phi) is 5.57. The summed E-state index contributed by atoms with van der Waals surface area (Å²) in [6.45, 7) is 3.88. The molecule has 0 radical (unpaired) electrons. The first-order chi connectivity index (χ1) is 15.6. The van der Waals surface area contributed by atoms with Crippen molar-refractivity contribution in [3.8, 4) is 17.0 Å². The van der Waals surface area contributed by atoms with Gasteiger partial charge in [-0.3, -0.25) is 0 Å². The van der Waals surface area contributed by atoms with Gasteiger partial charge in [0.25, 0.3) is 0 Å². The molecular weight excluding hydrogens is 402 g/mol. The first kappa shape index (κ1) is 20.6. The fourth-order valence-electron chi connectivity index (χ4n) is 4.34. The number of hydrogen-bond donors (Lipinski definition) is 0. The van der Waals surface area contributed by atoms with Crippen molar-refractivity contribution < 1.29 is 9.47 Å². The van der Waals surface area contributed by atoms with Crippen molar-refractivity contribution in [3.05, 3.63) is 54.1 Å². The fraction of sp³-hybridized carbons (Fsp3) is 0.360. The number of benzene rings is 2. The van der Waals surface area contributed by atoms with Crippen molar-refractivity contribution in [2.75, 3.05) is 68.8 Å². The Balaban J connectivity index is 1.60. The zero-order chi connectivity index (χ0) is 22.1. The maximum absolute atomic E-state index is 5.55. The number of methoxy groups -OCH3 is 1. The van der Waals surface area contributed by atoms with Gasteiger partial charge in [0.15, 0.2) is 0 Å². The predicted octanol–water partition coefficient (Wildman–Crippen LogP) is 3.75. The van der Waals surface area contributed by atoms with Gasteiger partial charge in [0, 0.05) is 56.2 Å². The van der Waals surface area contributed by atoms with E-state index in [0.29, 0.717) is 13.2 Å². The van der Waals surface area contributed by atoms with Gasteiger partial charge in [-0.15, -0.1) is 0 Å². The SMILES string of the molecule is COc1cccc(-c2nc(N3CCOCC3)nc3c2CCN3c2ccc(N(C)C)cc2)c1. The molecule has 7 nitrogen and oxygen atoms in total. The molecule has 0 unspecified atom stereocenters. The largest absolute Gasteiger partial charge is 0.497 e. The minimum atomic E-state index is 0.699. The van der Waals surface area contributed by atoms with Crippen LogP contribution in [-0.4, -0.2) is 64.0 Å². The summed E-state index contributed by atoms with van der Waals surface area (Å²) in [6.07, 6.45) is 0.903. The summed E-state index contributed by atoms with van der Waals surface area (Å²) < 4.78 is 11.0. The van der Waals surface area contributed by atoms with Crippen molar-refractivity contribution in [1.29, 1.82) is 0 Å². The summed E-state index contributed by atoms with van der Waals surface area (Å²) in [4.78, 5) is 16.8. The third-order valence-electron chi connectivity index (χ3n) is 6.13. The predicted molar refractivity (Wildman–Crippen MR) is 129 cm³/mol. The molecule has 0 spiro atoms. The summed E-state index contributed by atoms with van der Waals surface area (Å²) in [6, 6.07) is 16.8. The Labute approximate surface area is 189 Å². The van der Waals surface area contributed by atoms with Crippen LogP contribution >= 0.6 is 0 Å². The molecule has 0 N–H and O–H groups in total. The van der Waals surface area contributed by atoms with Gasteiger partial charge >= 0.3 is 0 Å². The molecule has 1 fully saturated rings. The zero-order valence-electron chi connectivity index (χ0n) is 18.9. The van der Waals surface area contributed by atoms with E-state index in [4.69, 9.17) is 19.4 Å². The average Bonchev–Trinajstić information content (AvgIpc) is 3.28. The van der Waals surface area contributed by atoms with Gasteiger partial charge in [0.05, 0.1) is 26.0 Å². The lowest BCUT2D eigenvalue weighted by Crippen LogP contribution is -2.37. The van der Waals surface area contributed by atoms with E-state index in [1.165, 1.54) is 11.3 Å². The van der Waals surface area contributed by atoms with E-state index in [2.05, 4.69) is 65.2 Å². The van der Waals surface area contributed by atoms with Crippen LogP contribution in [0.15, 0.2) is 48.5 Å². The number of hydrogen-bond acceptors (Lipinski definition) is 7. The van der Waals surface area contributed by atoms with Gasteiger partial charge < -0.3 is 24.2 Å². The minimum absolute atomic E-state index is 0.699. The van der Waals surface area contributed by atoms with E-state index >= 15 is 0 Å². The molecule has 1 aromatic heterocycles. The normalized spacial score (nSPS) is 15.6. The van der Waals surface area contributed by atoms with Crippen LogP contribution in [-0.2, 0) is 11.2 Å². The molecule has 0 aliphatic carbocycles. The Morgan fingerprint density at radius 2 is 1.75 bits per heavy atom. The van der Waals surface area contributed by atoms with E-state index in [1.807, 2.05) is 12.1 Å². The summed E-state index contributed by atoms with van der Waals surface area (Å²) >= 11 is 0. The second-order valence-corrected chi connectivity index (χ2v) is 8.32. The molecule has 7 heteroatoms. The number of rotatable bonds is 5. The van der Waals surface area contributed by atoms with Gasteiger partial charge in [-0.2, -0.15) is 4.98 Å². The topological polar surface area (TPSA) is 54.0 Å². The molecule has 0 atom stereocenters. The lowest BCUT2D eigenvalue weighted by molar-refractivity contribution is 0.122. The Morgan fingerprint density at radius 1 is 0.969 bits per heavy atom. The van der Waals surface area contributed by atoms with Gasteiger partial charge in [0.2, 0.25) is 5.95 Å². The molecule has 2 aliphatic rings. The maximum atomic E-state index is 5.55. The molecular formula is C25H29N5O2. The van der Waals surface area contributed by atoms with Crippen molar-refractivity contribution in [1.82, 2.24) is 9.97 Å². The number of aromatic nitrogens is 2. The van der Waals surface area contributed by atoms with E-state index in [0.717, 1.165) is 60.5 Å². The molecule has 32 heavy (non-hydrogen) atoms. The third-order valence-corrected chi connectivity index (χ3v) is 6.13. The molecule has 2 aromatic carbocycles. The molecule has 0 amide bonds. The van der Waals surface area contributed by atoms with Crippen LogP contribution in [0.25, 0.3) is 11.3 Å². The van der Waals surface area contributed by atoms with Crippen LogP contribution in [0.5, 0.6) is 5.75 Å². The van der Waals surface area contributed by atoms with Crippen molar-refractivity contribution >= 4 is 23.1 Å². The average molecular weight is 432 g/mol. The number of ether oxygens (including phenoxy) is 2. The van der Waals surface area contributed by atoms with E-state index in [-0.39, 0.29) is 0 Å². The van der Waals surface area contributed by atoms with Gasteiger partial charge in [-0.25, -0.2) is 4.98 Å². The first-order valence-electron chi connectivity index (χ1n) is 11.1. The van der Waals surface area contributed by atoms with Crippen molar-refractivity contribution in [2.24, 2.45) is 0 Å². The molecule has 166 valence electrons. The van der Waals surface area contributed by atoms with Crippen molar-refractivity contribution in [2.45, 2.75) is 6.42 Å². The monoisotopic (exact) mass is 431 g/mol. The molecule has 1 saturated heterocycles. The molecule has 0 bridgehead atoms. The van der Waals surface area contributed by atoms with Crippen molar-refractivity contribution in [3.63, 3.8) is 0 Å². The third kappa shape index (κ3) is 3.84.